The number of amides is 1. The van der Waals surface area contributed by atoms with E-state index in [-0.39, 0.29) is 5.91 Å². The molecule has 1 aromatic carbocycles. The molecule has 1 saturated heterocycles. The first-order valence-corrected chi connectivity index (χ1v) is 7.69. The molecule has 3 rings (SSSR count). The summed E-state index contributed by atoms with van der Waals surface area (Å²) in [5.74, 6) is -0.347. The maximum Gasteiger partial charge on any atom is 0.257 e. The Kier molecular flexibility index (Phi) is 3.70. The van der Waals surface area contributed by atoms with Crippen LogP contribution in [0.25, 0.3) is 0 Å². The highest BCUT2D eigenvalue weighted by molar-refractivity contribution is 9.10. The van der Waals surface area contributed by atoms with Gasteiger partial charge in [-0.3, -0.25) is 4.79 Å². The van der Waals surface area contributed by atoms with Crippen LogP contribution in [0.2, 0.25) is 0 Å². The van der Waals surface area contributed by atoms with Crippen molar-refractivity contribution in [3.05, 3.63) is 22.2 Å². The van der Waals surface area contributed by atoms with Gasteiger partial charge in [-0.2, -0.15) is 0 Å². The molecule has 0 spiro atoms. The van der Waals surface area contributed by atoms with Gasteiger partial charge in [-0.1, -0.05) is 6.92 Å². The fourth-order valence-corrected chi connectivity index (χ4v) is 3.41. The maximum atomic E-state index is 11.5. The maximum absolute atomic E-state index is 11.5. The molecule has 1 amide bonds. The van der Waals surface area contributed by atoms with E-state index >= 15 is 0 Å². The summed E-state index contributed by atoms with van der Waals surface area (Å²) in [6, 6.07) is 3.80. The van der Waals surface area contributed by atoms with Crippen molar-refractivity contribution < 1.29 is 9.90 Å². The molecule has 5 nitrogen and oxygen atoms in total. The molecule has 0 aromatic heterocycles. The average molecular weight is 340 g/mol. The number of anilines is 2. The third-order valence-corrected chi connectivity index (χ3v) is 4.72. The lowest BCUT2D eigenvalue weighted by Crippen LogP contribution is -2.46. The van der Waals surface area contributed by atoms with Crippen molar-refractivity contribution >= 4 is 33.2 Å². The Balaban J connectivity index is 1.85. The standard InChI is InChI=1S/C14H18BrN3O2/c1-2-17-3-5-18(6-4-17)12-8-11-9(7-10(12)15)13(19)14(20)16-11/h7-8,13,19H,2-6H2,1H3,(H,16,20). The zero-order valence-corrected chi connectivity index (χ0v) is 13.0. The van der Waals surface area contributed by atoms with Gasteiger partial charge < -0.3 is 20.2 Å². The Bertz CT molecular complexity index is 541. The number of aliphatic hydroxyl groups excluding tert-OH is 1. The van der Waals surface area contributed by atoms with Crippen LogP contribution in [0.15, 0.2) is 16.6 Å². The van der Waals surface area contributed by atoms with Crippen LogP contribution in [0.3, 0.4) is 0 Å². The lowest BCUT2D eigenvalue weighted by atomic mass is 10.1. The van der Waals surface area contributed by atoms with Crippen LogP contribution >= 0.6 is 15.9 Å². The summed E-state index contributed by atoms with van der Waals surface area (Å²) in [5, 5.41) is 12.5. The number of carbonyl (C=O) groups is 1. The van der Waals surface area contributed by atoms with Crippen LogP contribution in [0.4, 0.5) is 11.4 Å². The van der Waals surface area contributed by atoms with Gasteiger partial charge in [0.15, 0.2) is 6.10 Å². The van der Waals surface area contributed by atoms with Crippen molar-refractivity contribution in [1.29, 1.82) is 0 Å². The van der Waals surface area contributed by atoms with Crippen LogP contribution in [0.5, 0.6) is 0 Å². The highest BCUT2D eigenvalue weighted by atomic mass is 79.9. The van der Waals surface area contributed by atoms with E-state index in [9.17, 15) is 9.90 Å². The van der Waals surface area contributed by atoms with Crippen LogP contribution in [-0.4, -0.2) is 48.6 Å². The predicted octanol–water partition coefficient (Wildman–Crippen LogP) is 1.58. The SMILES string of the molecule is CCN1CCN(c2cc3c(cc2Br)C(O)C(=O)N3)CC1. The number of halogens is 1. The van der Waals surface area contributed by atoms with Crippen LogP contribution in [0.1, 0.15) is 18.6 Å². The van der Waals surface area contributed by atoms with Crippen molar-refractivity contribution in [2.45, 2.75) is 13.0 Å². The molecule has 1 fully saturated rings. The number of piperazine rings is 1. The van der Waals surface area contributed by atoms with Crippen LogP contribution in [-0.2, 0) is 4.79 Å². The fourth-order valence-electron chi connectivity index (χ4n) is 2.80. The number of nitrogens with one attached hydrogen (secondary N) is 1. The number of rotatable bonds is 2. The zero-order valence-electron chi connectivity index (χ0n) is 11.4. The van der Waals surface area contributed by atoms with Gasteiger partial charge in [-0.25, -0.2) is 0 Å². The van der Waals surface area contributed by atoms with E-state index in [1.54, 1.807) is 0 Å². The quantitative estimate of drug-likeness (QED) is 0.858. The van der Waals surface area contributed by atoms with Crippen LogP contribution in [0, 0.1) is 0 Å². The van der Waals surface area contributed by atoms with Gasteiger partial charge in [0, 0.05) is 41.9 Å². The van der Waals surface area contributed by atoms with E-state index < -0.39 is 6.10 Å². The van der Waals surface area contributed by atoms with E-state index in [4.69, 9.17) is 0 Å². The fraction of sp³-hybridized carbons (Fsp3) is 0.500. The molecule has 1 unspecified atom stereocenters. The van der Waals surface area contributed by atoms with Crippen molar-refractivity contribution in [2.75, 3.05) is 42.9 Å². The predicted molar refractivity (Wildman–Crippen MR) is 82.1 cm³/mol. The largest absolute Gasteiger partial charge is 0.378 e. The van der Waals surface area contributed by atoms with Gasteiger partial charge in [0.05, 0.1) is 5.69 Å². The number of nitrogens with zero attached hydrogens (tertiary/aromatic N) is 2. The molecule has 2 N–H and O–H groups in total. The molecule has 0 aliphatic carbocycles. The molecule has 1 aromatic rings. The molecule has 20 heavy (non-hydrogen) atoms. The van der Waals surface area contributed by atoms with Gasteiger partial charge in [0.25, 0.3) is 5.91 Å². The van der Waals surface area contributed by atoms with Crippen LogP contribution < -0.4 is 10.2 Å². The van der Waals surface area contributed by atoms with E-state index in [2.05, 4.69) is 38.0 Å². The highest BCUT2D eigenvalue weighted by Gasteiger charge is 2.30. The summed E-state index contributed by atoms with van der Waals surface area (Å²) in [6.45, 7) is 7.31. The lowest BCUT2D eigenvalue weighted by molar-refractivity contribution is -0.123. The second kappa shape index (κ2) is 5.35. The minimum absolute atomic E-state index is 0.347. The number of carbonyl (C=O) groups excluding carboxylic acids is 1. The second-order valence-corrected chi connectivity index (χ2v) is 6.06. The number of benzene rings is 1. The Morgan fingerprint density at radius 1 is 1.35 bits per heavy atom. The van der Waals surface area contributed by atoms with E-state index in [1.807, 2.05) is 12.1 Å². The van der Waals surface area contributed by atoms with Gasteiger partial charge in [0.1, 0.15) is 0 Å². The first-order chi connectivity index (χ1) is 9.60. The number of fused-ring (bicyclic) bond motifs is 1. The first-order valence-electron chi connectivity index (χ1n) is 6.90. The Hall–Kier alpha value is -1.11. The van der Waals surface area contributed by atoms with Crippen molar-refractivity contribution in [2.24, 2.45) is 0 Å². The van der Waals surface area contributed by atoms with Gasteiger partial charge in [-0.05, 0) is 34.6 Å². The Morgan fingerprint density at radius 2 is 2.05 bits per heavy atom. The van der Waals surface area contributed by atoms with Gasteiger partial charge in [-0.15, -0.1) is 0 Å². The Morgan fingerprint density at radius 3 is 2.70 bits per heavy atom. The molecule has 6 heteroatoms. The molecule has 0 radical (unpaired) electrons. The number of hydrogen-bond donors (Lipinski definition) is 2. The molecule has 0 bridgehead atoms. The Labute approximate surface area is 126 Å². The molecule has 1 atom stereocenters. The molecule has 2 heterocycles. The zero-order chi connectivity index (χ0) is 14.3. The summed E-state index contributed by atoms with van der Waals surface area (Å²) in [7, 11) is 0. The van der Waals surface area contributed by atoms with Crippen molar-refractivity contribution in [3.63, 3.8) is 0 Å². The highest BCUT2D eigenvalue weighted by Crippen LogP contribution is 2.39. The minimum Gasteiger partial charge on any atom is -0.378 e. The van der Waals surface area contributed by atoms with E-state index in [0.29, 0.717) is 5.56 Å². The molecule has 0 saturated carbocycles. The van der Waals surface area contributed by atoms with Gasteiger partial charge >= 0.3 is 0 Å². The van der Waals surface area contributed by atoms with Crippen molar-refractivity contribution in [3.8, 4) is 0 Å². The number of hydrogen-bond acceptors (Lipinski definition) is 4. The smallest absolute Gasteiger partial charge is 0.257 e. The molecular weight excluding hydrogens is 322 g/mol. The third-order valence-electron chi connectivity index (χ3n) is 4.08. The van der Waals surface area contributed by atoms with E-state index in [0.717, 1.165) is 48.6 Å². The monoisotopic (exact) mass is 339 g/mol. The summed E-state index contributed by atoms with van der Waals surface area (Å²) >= 11 is 3.56. The number of aliphatic hydroxyl groups is 1. The first kappa shape index (κ1) is 13.9. The van der Waals surface area contributed by atoms with E-state index in [1.165, 1.54) is 0 Å². The minimum atomic E-state index is -1.05. The summed E-state index contributed by atoms with van der Waals surface area (Å²) in [6.07, 6.45) is -1.05. The van der Waals surface area contributed by atoms with Gasteiger partial charge in [0.2, 0.25) is 0 Å². The molecule has 108 valence electrons. The summed E-state index contributed by atoms with van der Waals surface area (Å²) in [5.41, 5.74) is 2.45. The average Bonchev–Trinajstić information content (AvgIpc) is 2.74. The summed E-state index contributed by atoms with van der Waals surface area (Å²) in [4.78, 5) is 16.2. The second-order valence-electron chi connectivity index (χ2n) is 5.20. The normalized spacial score (nSPS) is 22.9. The molecule has 2 aliphatic rings. The third kappa shape index (κ3) is 2.32. The summed E-state index contributed by atoms with van der Waals surface area (Å²) < 4.78 is 0.928. The van der Waals surface area contributed by atoms with Crippen molar-refractivity contribution in [1.82, 2.24) is 4.90 Å². The lowest BCUT2D eigenvalue weighted by Gasteiger charge is -2.36. The topological polar surface area (TPSA) is 55.8 Å². The molecular formula is C14H18BrN3O2. The molecule has 2 aliphatic heterocycles. The number of likely N-dealkylation sites (N-methyl/N-ethyl adjacent to an activating group) is 1.